The third-order valence-corrected chi connectivity index (χ3v) is 4.20. The zero-order valence-corrected chi connectivity index (χ0v) is 11.9. The molecular formula is C16H18FNOS. The summed E-state index contributed by atoms with van der Waals surface area (Å²) in [4.78, 5) is 0.540. The van der Waals surface area contributed by atoms with Crippen molar-refractivity contribution in [3.63, 3.8) is 0 Å². The normalized spacial score (nSPS) is 13.9. The number of hydrogen-bond donors (Lipinski definition) is 2. The Bertz CT molecular complexity index is 535. The Kier molecular flexibility index (Phi) is 5.59. The number of rotatable bonds is 6. The molecule has 0 bridgehead atoms. The van der Waals surface area contributed by atoms with Gasteiger partial charge in [0.05, 0.1) is 6.10 Å². The monoisotopic (exact) mass is 291 g/mol. The van der Waals surface area contributed by atoms with Gasteiger partial charge in [-0.15, -0.1) is 11.8 Å². The van der Waals surface area contributed by atoms with E-state index in [4.69, 9.17) is 5.73 Å². The molecule has 20 heavy (non-hydrogen) atoms. The SMILES string of the molecule is NC(Cc1ccccc1)C(O)CSc1ccccc1F. The van der Waals surface area contributed by atoms with E-state index in [1.165, 1.54) is 17.8 Å². The molecule has 0 spiro atoms. The van der Waals surface area contributed by atoms with Crippen LogP contribution in [0.25, 0.3) is 0 Å². The van der Waals surface area contributed by atoms with Gasteiger partial charge in [-0.05, 0) is 24.1 Å². The maximum atomic E-state index is 13.5. The molecule has 2 aromatic rings. The predicted octanol–water partition coefficient (Wildman–Crippen LogP) is 2.85. The van der Waals surface area contributed by atoms with Gasteiger partial charge >= 0.3 is 0 Å². The Morgan fingerprint density at radius 2 is 1.70 bits per heavy atom. The first-order valence-corrected chi connectivity index (χ1v) is 7.50. The zero-order chi connectivity index (χ0) is 14.4. The minimum absolute atomic E-state index is 0.263. The molecule has 2 atom stereocenters. The highest BCUT2D eigenvalue weighted by Gasteiger charge is 2.16. The quantitative estimate of drug-likeness (QED) is 0.805. The van der Waals surface area contributed by atoms with Gasteiger partial charge in [0.1, 0.15) is 5.82 Å². The van der Waals surface area contributed by atoms with Crippen LogP contribution in [0.4, 0.5) is 4.39 Å². The summed E-state index contributed by atoms with van der Waals surface area (Å²) in [5.41, 5.74) is 7.09. The molecule has 0 fully saturated rings. The lowest BCUT2D eigenvalue weighted by Crippen LogP contribution is -2.38. The van der Waals surface area contributed by atoms with Crippen LogP contribution in [0.5, 0.6) is 0 Å². The molecule has 0 aliphatic heterocycles. The van der Waals surface area contributed by atoms with Gasteiger partial charge in [-0.25, -0.2) is 4.39 Å². The van der Waals surface area contributed by atoms with E-state index in [0.717, 1.165) is 5.56 Å². The first-order chi connectivity index (χ1) is 9.66. The van der Waals surface area contributed by atoms with Gasteiger partial charge in [-0.3, -0.25) is 0 Å². The number of halogens is 1. The van der Waals surface area contributed by atoms with Crippen LogP contribution in [-0.2, 0) is 6.42 Å². The molecule has 0 saturated heterocycles. The van der Waals surface area contributed by atoms with Gasteiger partial charge < -0.3 is 10.8 Å². The van der Waals surface area contributed by atoms with Crippen molar-refractivity contribution in [3.8, 4) is 0 Å². The summed E-state index contributed by atoms with van der Waals surface area (Å²) >= 11 is 1.29. The van der Waals surface area contributed by atoms with Gasteiger partial charge in [0.2, 0.25) is 0 Å². The highest BCUT2D eigenvalue weighted by atomic mass is 32.2. The van der Waals surface area contributed by atoms with Crippen LogP contribution in [0.15, 0.2) is 59.5 Å². The minimum Gasteiger partial charge on any atom is -0.391 e. The van der Waals surface area contributed by atoms with Gasteiger partial charge in [-0.1, -0.05) is 42.5 Å². The minimum atomic E-state index is -0.667. The second-order valence-electron chi connectivity index (χ2n) is 4.66. The molecule has 0 heterocycles. The second kappa shape index (κ2) is 7.43. The number of hydrogen-bond acceptors (Lipinski definition) is 3. The number of aliphatic hydroxyl groups is 1. The van der Waals surface area contributed by atoms with Crippen molar-refractivity contribution in [2.24, 2.45) is 5.73 Å². The van der Waals surface area contributed by atoms with Crippen molar-refractivity contribution in [2.45, 2.75) is 23.5 Å². The summed E-state index contributed by atoms with van der Waals surface area (Å²) in [5.74, 6) is 0.121. The fraction of sp³-hybridized carbons (Fsp3) is 0.250. The summed E-state index contributed by atoms with van der Waals surface area (Å²) in [7, 11) is 0. The highest BCUT2D eigenvalue weighted by Crippen LogP contribution is 2.22. The molecule has 0 aliphatic carbocycles. The zero-order valence-electron chi connectivity index (χ0n) is 11.1. The Labute approximate surface area is 122 Å². The molecule has 0 radical (unpaired) electrons. The Morgan fingerprint density at radius 3 is 2.40 bits per heavy atom. The first-order valence-electron chi connectivity index (χ1n) is 6.51. The first kappa shape index (κ1) is 15.0. The van der Waals surface area contributed by atoms with E-state index in [1.807, 2.05) is 30.3 Å². The van der Waals surface area contributed by atoms with Crippen LogP contribution in [0, 0.1) is 5.82 Å². The molecule has 106 valence electrons. The van der Waals surface area contributed by atoms with Crippen LogP contribution in [0.2, 0.25) is 0 Å². The van der Waals surface area contributed by atoms with Crippen LogP contribution in [0.3, 0.4) is 0 Å². The number of thioether (sulfide) groups is 1. The maximum Gasteiger partial charge on any atom is 0.136 e. The Balaban J connectivity index is 1.85. The number of nitrogens with two attached hydrogens (primary N) is 1. The van der Waals surface area contributed by atoms with Crippen molar-refractivity contribution >= 4 is 11.8 Å². The lowest BCUT2D eigenvalue weighted by Gasteiger charge is -2.18. The summed E-state index contributed by atoms with van der Waals surface area (Å²) in [6.45, 7) is 0. The van der Waals surface area contributed by atoms with Crippen molar-refractivity contribution in [3.05, 3.63) is 66.0 Å². The van der Waals surface area contributed by atoms with Gasteiger partial charge in [0.15, 0.2) is 0 Å². The molecular weight excluding hydrogens is 273 g/mol. The lowest BCUT2D eigenvalue weighted by molar-refractivity contribution is 0.167. The summed E-state index contributed by atoms with van der Waals surface area (Å²) < 4.78 is 13.5. The standard InChI is InChI=1S/C16H18FNOS/c17-13-8-4-5-9-16(13)20-11-15(19)14(18)10-12-6-2-1-3-7-12/h1-9,14-15,19H,10-11,18H2. The average Bonchev–Trinajstić information content (AvgIpc) is 2.47. The van der Waals surface area contributed by atoms with Crippen LogP contribution in [-0.4, -0.2) is 23.0 Å². The van der Waals surface area contributed by atoms with Gasteiger partial charge in [-0.2, -0.15) is 0 Å². The fourth-order valence-electron chi connectivity index (χ4n) is 1.88. The maximum absolute atomic E-state index is 13.5. The molecule has 2 aromatic carbocycles. The van der Waals surface area contributed by atoms with E-state index in [1.54, 1.807) is 18.2 Å². The van der Waals surface area contributed by atoms with E-state index >= 15 is 0 Å². The van der Waals surface area contributed by atoms with Gasteiger partial charge in [0, 0.05) is 16.7 Å². The Hall–Kier alpha value is -1.36. The highest BCUT2D eigenvalue weighted by molar-refractivity contribution is 7.99. The van der Waals surface area contributed by atoms with Crippen LogP contribution >= 0.6 is 11.8 Å². The van der Waals surface area contributed by atoms with Crippen molar-refractivity contribution < 1.29 is 9.50 Å². The van der Waals surface area contributed by atoms with Crippen LogP contribution in [0.1, 0.15) is 5.56 Å². The van der Waals surface area contributed by atoms with E-state index < -0.39 is 6.10 Å². The van der Waals surface area contributed by atoms with Gasteiger partial charge in [0.25, 0.3) is 0 Å². The number of benzene rings is 2. The molecule has 2 rings (SSSR count). The molecule has 3 N–H and O–H groups in total. The third kappa shape index (κ3) is 4.34. The second-order valence-corrected chi connectivity index (χ2v) is 5.72. The van der Waals surface area contributed by atoms with E-state index in [9.17, 15) is 9.50 Å². The molecule has 4 heteroatoms. The van der Waals surface area contributed by atoms with E-state index in [-0.39, 0.29) is 11.9 Å². The lowest BCUT2D eigenvalue weighted by atomic mass is 10.0. The van der Waals surface area contributed by atoms with Crippen molar-refractivity contribution in [1.29, 1.82) is 0 Å². The molecule has 2 unspecified atom stereocenters. The smallest absolute Gasteiger partial charge is 0.136 e. The van der Waals surface area contributed by atoms with Crippen molar-refractivity contribution in [2.75, 3.05) is 5.75 Å². The summed E-state index contributed by atoms with van der Waals surface area (Å²) in [6, 6.07) is 16.0. The molecule has 0 amide bonds. The average molecular weight is 291 g/mol. The third-order valence-electron chi connectivity index (χ3n) is 3.05. The largest absolute Gasteiger partial charge is 0.391 e. The summed E-state index contributed by atoms with van der Waals surface area (Å²) in [5, 5.41) is 10.1. The van der Waals surface area contributed by atoms with Crippen LogP contribution < -0.4 is 5.73 Å². The fourth-order valence-corrected chi connectivity index (χ4v) is 2.86. The topological polar surface area (TPSA) is 46.2 Å². The van der Waals surface area contributed by atoms with E-state index in [2.05, 4.69) is 0 Å². The van der Waals surface area contributed by atoms with Crippen molar-refractivity contribution in [1.82, 2.24) is 0 Å². The van der Waals surface area contributed by atoms with E-state index in [0.29, 0.717) is 17.1 Å². The Morgan fingerprint density at radius 1 is 1.05 bits per heavy atom. The molecule has 2 nitrogen and oxygen atoms in total. The predicted molar refractivity (Wildman–Crippen MR) is 81.3 cm³/mol. The number of aliphatic hydroxyl groups excluding tert-OH is 1. The molecule has 0 saturated carbocycles. The molecule has 0 aromatic heterocycles. The molecule has 0 aliphatic rings. The summed E-state index contributed by atoms with van der Waals surface area (Å²) in [6.07, 6.45) is -0.0559.